The SMILES string of the molecule is CCC(C)c1cc2c(cc1C(F)F)N(c1nn(C3CCOCC3)c3c1CN(C(=O)NC)CC3)CCO2.[HH]. The minimum atomic E-state index is -2.58. The standard InChI is InChI=1S/C26H35F2N5O3.H2/c1-4-16(2)18-14-23-22(13-19(18)24(27)28)32(9-12-36-23)25-20-15-31(26(34)29-3)8-5-21(20)33(30-25)17-6-10-35-11-7-17;/h13-14,16-17,24H,4-12,15H2,1-3H3,(H,29,34);1H. The third-order valence-corrected chi connectivity index (χ3v) is 7.76. The highest BCUT2D eigenvalue weighted by Gasteiger charge is 2.35. The number of fused-ring (bicyclic) bond motifs is 2. The van der Waals surface area contributed by atoms with Crippen molar-refractivity contribution in [1.29, 1.82) is 0 Å². The van der Waals surface area contributed by atoms with Crippen molar-refractivity contribution in [1.82, 2.24) is 20.0 Å². The van der Waals surface area contributed by atoms with Gasteiger partial charge in [0, 0.05) is 51.5 Å². The fourth-order valence-electron chi connectivity index (χ4n) is 5.56. The summed E-state index contributed by atoms with van der Waals surface area (Å²) in [5.74, 6) is 1.33. The summed E-state index contributed by atoms with van der Waals surface area (Å²) < 4.78 is 42.0. The Morgan fingerprint density at radius 3 is 2.69 bits per heavy atom. The van der Waals surface area contributed by atoms with E-state index in [9.17, 15) is 13.6 Å². The average Bonchev–Trinajstić information content (AvgIpc) is 3.30. The number of halogens is 2. The second kappa shape index (κ2) is 10.2. The fraction of sp³-hybridized carbons (Fsp3) is 0.615. The van der Waals surface area contributed by atoms with Crippen molar-refractivity contribution in [3.8, 4) is 5.75 Å². The van der Waals surface area contributed by atoms with Crippen LogP contribution in [0, 0.1) is 0 Å². The number of nitrogens with one attached hydrogen (secondary N) is 1. The Balaban J connectivity index is 0.00000320. The van der Waals surface area contributed by atoms with Crippen molar-refractivity contribution < 1.29 is 24.5 Å². The summed E-state index contributed by atoms with van der Waals surface area (Å²) in [5, 5.41) is 7.81. The summed E-state index contributed by atoms with van der Waals surface area (Å²) in [7, 11) is 1.63. The fourth-order valence-corrected chi connectivity index (χ4v) is 5.56. The van der Waals surface area contributed by atoms with Crippen LogP contribution in [0.25, 0.3) is 0 Å². The lowest BCUT2D eigenvalue weighted by Crippen LogP contribution is -2.42. The number of anilines is 2. The maximum Gasteiger partial charge on any atom is 0.317 e. The van der Waals surface area contributed by atoms with Gasteiger partial charge in [-0.25, -0.2) is 13.6 Å². The van der Waals surface area contributed by atoms with Crippen LogP contribution >= 0.6 is 0 Å². The van der Waals surface area contributed by atoms with Gasteiger partial charge in [-0.1, -0.05) is 13.8 Å². The van der Waals surface area contributed by atoms with E-state index in [0.717, 1.165) is 36.3 Å². The molecule has 10 heteroatoms. The Kier molecular flexibility index (Phi) is 7.05. The highest BCUT2D eigenvalue weighted by Crippen LogP contribution is 2.45. The van der Waals surface area contributed by atoms with Gasteiger partial charge in [0.05, 0.1) is 24.8 Å². The van der Waals surface area contributed by atoms with Gasteiger partial charge in [-0.15, -0.1) is 0 Å². The first-order valence-corrected chi connectivity index (χ1v) is 12.9. The van der Waals surface area contributed by atoms with Crippen LogP contribution in [0.1, 0.15) is 75.3 Å². The minimum absolute atomic E-state index is 0. The van der Waals surface area contributed by atoms with Crippen LogP contribution in [0.5, 0.6) is 5.75 Å². The number of amides is 2. The van der Waals surface area contributed by atoms with Crippen molar-refractivity contribution >= 4 is 17.5 Å². The topological polar surface area (TPSA) is 71.9 Å². The first-order chi connectivity index (χ1) is 17.4. The molecule has 36 heavy (non-hydrogen) atoms. The molecule has 0 bridgehead atoms. The number of carbonyl (C=O) groups is 1. The molecule has 0 aliphatic carbocycles. The smallest absolute Gasteiger partial charge is 0.317 e. The third-order valence-electron chi connectivity index (χ3n) is 7.76. The molecule has 1 fully saturated rings. The molecule has 1 unspecified atom stereocenters. The van der Waals surface area contributed by atoms with E-state index in [1.807, 2.05) is 18.7 Å². The number of benzene rings is 1. The zero-order valence-corrected chi connectivity index (χ0v) is 21.2. The molecule has 2 aromatic rings. The van der Waals surface area contributed by atoms with Gasteiger partial charge in [0.1, 0.15) is 12.4 Å². The summed E-state index contributed by atoms with van der Waals surface area (Å²) in [6.45, 7) is 7.30. The Hall–Kier alpha value is -2.88. The molecule has 1 aromatic heterocycles. The predicted octanol–water partition coefficient (Wildman–Crippen LogP) is 5.16. The van der Waals surface area contributed by atoms with Gasteiger partial charge in [-0.3, -0.25) is 4.68 Å². The molecule has 1 N–H and O–H groups in total. The van der Waals surface area contributed by atoms with Gasteiger partial charge in [0.25, 0.3) is 6.43 Å². The predicted molar refractivity (Wildman–Crippen MR) is 135 cm³/mol. The van der Waals surface area contributed by atoms with Gasteiger partial charge in [-0.05, 0) is 42.9 Å². The maximum absolute atomic E-state index is 14.2. The molecule has 1 saturated heterocycles. The summed E-state index contributed by atoms with van der Waals surface area (Å²) in [6.07, 6.45) is 0.626. The highest BCUT2D eigenvalue weighted by atomic mass is 19.3. The van der Waals surface area contributed by atoms with E-state index in [4.69, 9.17) is 14.6 Å². The number of carbonyl (C=O) groups excluding carboxylic acids is 1. The average molecular weight is 506 g/mol. The summed E-state index contributed by atoms with van der Waals surface area (Å²) in [4.78, 5) is 16.3. The number of hydrogen-bond donors (Lipinski definition) is 1. The minimum Gasteiger partial charge on any atom is -0.490 e. The number of rotatable bonds is 5. The lowest BCUT2D eigenvalue weighted by molar-refractivity contribution is 0.0651. The Bertz CT molecular complexity index is 1120. The normalized spacial score (nSPS) is 19.1. The molecule has 0 spiro atoms. The van der Waals surface area contributed by atoms with Crippen LogP contribution < -0.4 is 15.0 Å². The molecular weight excluding hydrogens is 468 g/mol. The Morgan fingerprint density at radius 1 is 1.22 bits per heavy atom. The van der Waals surface area contributed by atoms with Crippen molar-refractivity contribution in [2.24, 2.45) is 0 Å². The van der Waals surface area contributed by atoms with E-state index >= 15 is 0 Å². The van der Waals surface area contributed by atoms with Gasteiger partial charge in [-0.2, -0.15) is 5.10 Å². The lowest BCUT2D eigenvalue weighted by atomic mass is 9.92. The summed E-state index contributed by atoms with van der Waals surface area (Å²) >= 11 is 0. The summed E-state index contributed by atoms with van der Waals surface area (Å²) in [6, 6.07) is 3.46. The number of urea groups is 1. The van der Waals surface area contributed by atoms with E-state index in [1.165, 1.54) is 0 Å². The number of hydrogen-bond acceptors (Lipinski definition) is 5. The van der Waals surface area contributed by atoms with Crippen molar-refractivity contribution in [2.45, 2.75) is 64.5 Å². The van der Waals surface area contributed by atoms with Gasteiger partial charge >= 0.3 is 6.03 Å². The van der Waals surface area contributed by atoms with E-state index in [1.54, 1.807) is 24.1 Å². The molecule has 3 aliphatic rings. The van der Waals surface area contributed by atoms with Crippen LogP contribution in [0.4, 0.5) is 25.1 Å². The quantitative estimate of drug-likeness (QED) is 0.608. The van der Waals surface area contributed by atoms with E-state index in [0.29, 0.717) is 62.9 Å². The number of aromatic nitrogens is 2. The van der Waals surface area contributed by atoms with Crippen molar-refractivity contribution in [3.05, 3.63) is 34.5 Å². The molecule has 0 saturated carbocycles. The molecule has 1 aromatic carbocycles. The Labute approximate surface area is 212 Å². The van der Waals surface area contributed by atoms with Crippen LogP contribution in [-0.2, 0) is 17.7 Å². The van der Waals surface area contributed by atoms with E-state index in [-0.39, 0.29) is 25.0 Å². The van der Waals surface area contributed by atoms with Crippen molar-refractivity contribution in [3.63, 3.8) is 0 Å². The van der Waals surface area contributed by atoms with E-state index < -0.39 is 6.43 Å². The molecule has 0 radical (unpaired) electrons. The van der Waals surface area contributed by atoms with Gasteiger partial charge < -0.3 is 24.6 Å². The molecular formula is C26H37F2N5O3. The second-order valence-electron chi connectivity index (χ2n) is 9.82. The zero-order chi connectivity index (χ0) is 25.4. The molecule has 5 rings (SSSR count). The zero-order valence-electron chi connectivity index (χ0n) is 21.2. The van der Waals surface area contributed by atoms with Crippen molar-refractivity contribution in [2.75, 3.05) is 44.9 Å². The van der Waals surface area contributed by atoms with Crippen LogP contribution in [0.15, 0.2) is 12.1 Å². The van der Waals surface area contributed by atoms with Crippen LogP contribution in [0.2, 0.25) is 0 Å². The monoisotopic (exact) mass is 505 g/mol. The van der Waals surface area contributed by atoms with E-state index in [2.05, 4.69) is 10.00 Å². The summed E-state index contributed by atoms with van der Waals surface area (Å²) in [5.41, 5.74) is 3.39. The number of nitrogens with zero attached hydrogens (tertiary/aromatic N) is 4. The van der Waals surface area contributed by atoms with Gasteiger partial charge in [0.2, 0.25) is 0 Å². The van der Waals surface area contributed by atoms with Gasteiger partial charge in [0.15, 0.2) is 5.82 Å². The number of ether oxygens (including phenoxy) is 2. The highest BCUT2D eigenvalue weighted by molar-refractivity contribution is 5.76. The molecule has 4 heterocycles. The second-order valence-corrected chi connectivity index (χ2v) is 9.82. The first kappa shape index (κ1) is 24.8. The molecule has 198 valence electrons. The molecule has 2 amide bonds. The third kappa shape index (κ3) is 4.40. The first-order valence-electron chi connectivity index (χ1n) is 12.9. The Morgan fingerprint density at radius 2 is 2.00 bits per heavy atom. The van der Waals surface area contributed by atoms with Crippen LogP contribution in [-0.4, -0.2) is 60.7 Å². The molecule has 1 atom stereocenters. The number of alkyl halides is 2. The lowest BCUT2D eigenvalue weighted by Gasteiger charge is -2.33. The maximum atomic E-state index is 14.2. The van der Waals surface area contributed by atoms with Crippen LogP contribution in [0.3, 0.4) is 0 Å². The largest absolute Gasteiger partial charge is 0.490 e. The molecule has 3 aliphatic heterocycles. The molecule has 8 nitrogen and oxygen atoms in total.